The van der Waals surface area contributed by atoms with E-state index in [4.69, 9.17) is 14.9 Å². The van der Waals surface area contributed by atoms with Crippen LogP contribution in [0.5, 0.6) is 0 Å². The van der Waals surface area contributed by atoms with Gasteiger partial charge in [-0.2, -0.15) is 5.26 Å². The summed E-state index contributed by atoms with van der Waals surface area (Å²) in [5, 5.41) is 21.0. The number of hydrogen-bond donors (Lipinski definition) is 1. The lowest BCUT2D eigenvalue weighted by molar-refractivity contribution is -0.384. The number of nitriles is 1. The maximum absolute atomic E-state index is 13.0. The lowest BCUT2D eigenvalue weighted by Crippen LogP contribution is -2.33. The first-order chi connectivity index (χ1) is 14.2. The average Bonchev–Trinajstić information content (AvgIpc) is 3.15. The molecule has 1 aromatic heterocycles. The molecule has 152 valence electrons. The quantitative estimate of drug-likeness (QED) is 0.594. The van der Waals surface area contributed by atoms with Crippen LogP contribution in [0.2, 0.25) is 0 Å². The molecule has 0 radical (unpaired) electrons. The number of Topliss-reactive ketones (excluding diaryl/α,β-unsaturated/α-hetero) is 1. The molecule has 0 saturated heterocycles. The molecule has 4 rings (SSSR count). The van der Waals surface area contributed by atoms with E-state index in [1.54, 1.807) is 30.3 Å². The molecule has 1 aliphatic heterocycles. The molecule has 8 heteroatoms. The second-order valence-corrected chi connectivity index (χ2v) is 8.18. The monoisotopic (exact) mass is 405 g/mol. The van der Waals surface area contributed by atoms with Crippen molar-refractivity contribution in [2.45, 2.75) is 32.6 Å². The van der Waals surface area contributed by atoms with Gasteiger partial charge in [-0.25, -0.2) is 0 Å². The van der Waals surface area contributed by atoms with Gasteiger partial charge in [0.05, 0.1) is 16.4 Å². The summed E-state index contributed by atoms with van der Waals surface area (Å²) in [7, 11) is 0. The van der Waals surface area contributed by atoms with Crippen LogP contribution in [0.3, 0.4) is 0 Å². The Kier molecular flexibility index (Phi) is 4.46. The number of nitro benzene ring substituents is 1. The van der Waals surface area contributed by atoms with Crippen molar-refractivity contribution in [3.05, 3.63) is 75.1 Å². The molecule has 8 nitrogen and oxygen atoms in total. The Balaban J connectivity index is 1.84. The number of ether oxygens (including phenoxy) is 1. The first kappa shape index (κ1) is 19.5. The normalized spacial score (nSPS) is 20.4. The summed E-state index contributed by atoms with van der Waals surface area (Å²) in [4.78, 5) is 23.9. The minimum Gasteiger partial charge on any atom is -0.460 e. The molecule has 0 bridgehead atoms. The minimum atomic E-state index is -0.807. The summed E-state index contributed by atoms with van der Waals surface area (Å²) in [6, 6.07) is 11.4. The van der Waals surface area contributed by atoms with Crippen molar-refractivity contribution in [2.75, 3.05) is 0 Å². The zero-order valence-corrected chi connectivity index (χ0v) is 16.5. The Morgan fingerprint density at radius 2 is 1.97 bits per heavy atom. The highest BCUT2D eigenvalue weighted by molar-refractivity contribution is 5.99. The summed E-state index contributed by atoms with van der Waals surface area (Å²) in [5.74, 6) is 0.0303. The molecule has 0 fully saturated rings. The number of carbonyl (C=O) groups is 1. The van der Waals surface area contributed by atoms with E-state index >= 15 is 0 Å². The van der Waals surface area contributed by atoms with E-state index in [0.717, 1.165) is 0 Å². The van der Waals surface area contributed by atoms with Gasteiger partial charge in [0.2, 0.25) is 5.88 Å². The summed E-state index contributed by atoms with van der Waals surface area (Å²) in [6.07, 6.45) is 0.809. The Morgan fingerprint density at radius 3 is 2.67 bits per heavy atom. The number of nitrogens with zero attached hydrogens (tertiary/aromatic N) is 2. The summed E-state index contributed by atoms with van der Waals surface area (Å²) in [5.41, 5.74) is 6.37. The van der Waals surface area contributed by atoms with Gasteiger partial charge in [-0.3, -0.25) is 14.9 Å². The van der Waals surface area contributed by atoms with Crippen LogP contribution in [-0.2, 0) is 9.53 Å². The topological polar surface area (TPSA) is 132 Å². The Morgan fingerprint density at radius 1 is 1.23 bits per heavy atom. The van der Waals surface area contributed by atoms with Crippen molar-refractivity contribution in [2.24, 2.45) is 11.1 Å². The molecule has 2 aromatic rings. The lowest BCUT2D eigenvalue weighted by atomic mass is 9.71. The number of nitro groups is 1. The third-order valence-corrected chi connectivity index (χ3v) is 5.35. The smallest absolute Gasteiger partial charge is 0.280 e. The van der Waals surface area contributed by atoms with Crippen LogP contribution in [0.25, 0.3) is 11.3 Å². The fraction of sp³-hybridized carbons (Fsp3) is 0.273. The molecule has 1 atom stereocenters. The van der Waals surface area contributed by atoms with Gasteiger partial charge in [-0.15, -0.1) is 0 Å². The molecule has 0 saturated carbocycles. The second-order valence-electron chi connectivity index (χ2n) is 8.18. The van der Waals surface area contributed by atoms with E-state index in [9.17, 15) is 20.2 Å². The molecule has 1 aromatic carbocycles. The van der Waals surface area contributed by atoms with E-state index in [1.807, 2.05) is 19.9 Å². The molecule has 1 unspecified atom stereocenters. The number of allylic oxidation sites excluding steroid dienone is 3. The van der Waals surface area contributed by atoms with Crippen molar-refractivity contribution in [1.82, 2.24) is 0 Å². The predicted octanol–water partition coefficient (Wildman–Crippen LogP) is 4.31. The van der Waals surface area contributed by atoms with Gasteiger partial charge >= 0.3 is 0 Å². The van der Waals surface area contributed by atoms with Crippen LogP contribution >= 0.6 is 0 Å². The molecule has 1 aliphatic carbocycles. The molecule has 0 spiro atoms. The van der Waals surface area contributed by atoms with Crippen LogP contribution in [0.15, 0.2) is 63.6 Å². The Bertz CT molecular complexity index is 1180. The van der Waals surface area contributed by atoms with Crippen LogP contribution in [-0.4, -0.2) is 10.7 Å². The fourth-order valence-electron chi connectivity index (χ4n) is 4.06. The van der Waals surface area contributed by atoms with Crippen molar-refractivity contribution >= 4 is 11.5 Å². The molecule has 2 N–H and O–H groups in total. The summed E-state index contributed by atoms with van der Waals surface area (Å²) in [6.45, 7) is 3.93. The van der Waals surface area contributed by atoms with Crippen LogP contribution in [0.4, 0.5) is 5.69 Å². The third-order valence-electron chi connectivity index (χ3n) is 5.35. The number of hydrogen-bond acceptors (Lipinski definition) is 7. The Hall–Kier alpha value is -3.86. The third kappa shape index (κ3) is 3.14. The maximum atomic E-state index is 13.0. The highest BCUT2D eigenvalue weighted by Gasteiger charge is 2.44. The molecule has 2 aliphatic rings. The number of para-hydroxylation sites is 1. The number of rotatable bonds is 3. The number of nitrogens with two attached hydrogens (primary N) is 1. The predicted molar refractivity (Wildman–Crippen MR) is 106 cm³/mol. The second kappa shape index (κ2) is 6.88. The highest BCUT2D eigenvalue weighted by Crippen LogP contribution is 2.48. The number of carbonyl (C=O) groups excluding carboxylic acids is 1. The summed E-state index contributed by atoms with van der Waals surface area (Å²) >= 11 is 0. The molecular formula is C22H19N3O5. The van der Waals surface area contributed by atoms with Gasteiger partial charge in [-0.05, 0) is 23.6 Å². The van der Waals surface area contributed by atoms with E-state index in [0.29, 0.717) is 35.5 Å². The van der Waals surface area contributed by atoms with Gasteiger partial charge in [0.25, 0.3) is 5.69 Å². The van der Waals surface area contributed by atoms with Gasteiger partial charge in [0.1, 0.15) is 28.9 Å². The van der Waals surface area contributed by atoms with Crippen LogP contribution < -0.4 is 5.73 Å². The number of benzene rings is 1. The minimum absolute atomic E-state index is 0.0598. The van der Waals surface area contributed by atoms with Gasteiger partial charge in [0, 0.05) is 24.5 Å². The number of ketones is 1. The van der Waals surface area contributed by atoms with Crippen molar-refractivity contribution < 1.29 is 18.9 Å². The summed E-state index contributed by atoms with van der Waals surface area (Å²) < 4.78 is 11.6. The SMILES string of the molecule is CC1(C)CC(=O)C2=C(C1)OC(N)=C(C#N)C2c1ccc(-c2ccccc2[N+](=O)[O-])o1. The first-order valence-corrected chi connectivity index (χ1v) is 9.39. The first-order valence-electron chi connectivity index (χ1n) is 9.39. The average molecular weight is 405 g/mol. The molecule has 2 heterocycles. The van der Waals surface area contributed by atoms with Crippen molar-refractivity contribution in [3.63, 3.8) is 0 Å². The van der Waals surface area contributed by atoms with E-state index < -0.39 is 10.8 Å². The van der Waals surface area contributed by atoms with Crippen LogP contribution in [0.1, 0.15) is 38.4 Å². The largest absolute Gasteiger partial charge is 0.460 e. The lowest BCUT2D eigenvalue weighted by Gasteiger charge is -2.36. The maximum Gasteiger partial charge on any atom is 0.280 e. The highest BCUT2D eigenvalue weighted by atomic mass is 16.6. The molecule has 30 heavy (non-hydrogen) atoms. The molecule has 0 amide bonds. The van der Waals surface area contributed by atoms with E-state index in [-0.39, 0.29) is 34.1 Å². The number of furan rings is 1. The van der Waals surface area contributed by atoms with Crippen LogP contribution in [0, 0.1) is 26.9 Å². The van der Waals surface area contributed by atoms with E-state index in [2.05, 4.69) is 0 Å². The van der Waals surface area contributed by atoms with Crippen molar-refractivity contribution in [1.29, 1.82) is 5.26 Å². The Labute approximate surface area is 172 Å². The molecular weight excluding hydrogens is 386 g/mol. The van der Waals surface area contributed by atoms with Gasteiger partial charge in [-0.1, -0.05) is 26.0 Å². The van der Waals surface area contributed by atoms with Gasteiger partial charge in [0.15, 0.2) is 5.78 Å². The van der Waals surface area contributed by atoms with Gasteiger partial charge < -0.3 is 14.9 Å². The standard InChI is InChI=1S/C22H19N3O5/c1-22(2)9-15(26)20-18(10-22)30-21(24)13(11-23)19(20)17-8-7-16(29-17)12-5-3-4-6-14(12)25(27)28/h3-8,19H,9-10,24H2,1-2H3. The zero-order valence-electron chi connectivity index (χ0n) is 16.5. The van der Waals surface area contributed by atoms with Crippen molar-refractivity contribution in [3.8, 4) is 17.4 Å². The zero-order chi connectivity index (χ0) is 21.6. The van der Waals surface area contributed by atoms with E-state index in [1.165, 1.54) is 6.07 Å². The fourth-order valence-corrected chi connectivity index (χ4v) is 4.06.